The van der Waals surface area contributed by atoms with Gasteiger partial charge in [0.05, 0.1) is 29.6 Å². The summed E-state index contributed by atoms with van der Waals surface area (Å²) in [5, 5.41) is 13.9. The van der Waals surface area contributed by atoms with Gasteiger partial charge < -0.3 is 20.1 Å². The number of aromatic nitrogens is 4. The number of halogens is 1. The van der Waals surface area contributed by atoms with Crippen LogP contribution >= 0.6 is 0 Å². The normalized spacial score (nSPS) is 14.5. The van der Waals surface area contributed by atoms with Crippen LogP contribution in [0.5, 0.6) is 0 Å². The minimum atomic E-state index is -0.231. The summed E-state index contributed by atoms with van der Waals surface area (Å²) < 4.78 is 16.1. The van der Waals surface area contributed by atoms with Gasteiger partial charge in [-0.05, 0) is 75.4 Å². The van der Waals surface area contributed by atoms with Crippen molar-refractivity contribution in [1.82, 2.24) is 30.0 Å². The Hall–Kier alpha value is -4.50. The standard InChI is InChI=1S/C30H30FN7O/c1-37-14-12-24(13-15-37)34-30(39)20-6-9-23(10-7-20)33-29-17-27(35-36-29)21-8-11-26-28(16-21)38(19-32-26)18-22-4-2-3-5-25(22)31/h2-11,16-17,19,24H,12-15,18H2,1H3,(H,34,39)(H2,33,35,36). The van der Waals surface area contributed by atoms with Gasteiger partial charge in [0.15, 0.2) is 5.82 Å². The number of likely N-dealkylation sites (tertiary alicyclic amines) is 1. The van der Waals surface area contributed by atoms with E-state index in [1.54, 1.807) is 18.5 Å². The van der Waals surface area contributed by atoms with Crippen molar-refractivity contribution in [3.8, 4) is 11.3 Å². The first-order valence-electron chi connectivity index (χ1n) is 13.1. The molecule has 9 heteroatoms. The zero-order valence-electron chi connectivity index (χ0n) is 21.7. The van der Waals surface area contributed by atoms with Gasteiger partial charge in [0.2, 0.25) is 0 Å². The molecular weight excluding hydrogens is 493 g/mol. The third-order valence-corrected chi connectivity index (χ3v) is 7.28. The molecule has 8 nitrogen and oxygen atoms in total. The van der Waals surface area contributed by atoms with Gasteiger partial charge in [-0.25, -0.2) is 9.37 Å². The number of H-pyrrole nitrogens is 1. The van der Waals surface area contributed by atoms with Gasteiger partial charge in [-0.2, -0.15) is 5.10 Å². The fourth-order valence-electron chi connectivity index (χ4n) is 4.97. The highest BCUT2D eigenvalue weighted by Gasteiger charge is 2.19. The van der Waals surface area contributed by atoms with Crippen LogP contribution in [0.2, 0.25) is 0 Å². The van der Waals surface area contributed by atoms with E-state index in [9.17, 15) is 9.18 Å². The predicted molar refractivity (Wildman–Crippen MR) is 151 cm³/mol. The first-order chi connectivity index (χ1) is 19.0. The Balaban J connectivity index is 1.13. The number of imidazole rings is 1. The molecule has 0 radical (unpaired) electrons. The van der Waals surface area contributed by atoms with Crippen LogP contribution in [-0.4, -0.2) is 56.7 Å². The molecule has 198 valence electrons. The van der Waals surface area contributed by atoms with Crippen LogP contribution in [0, 0.1) is 5.82 Å². The monoisotopic (exact) mass is 523 g/mol. The second kappa shape index (κ2) is 10.7. The minimum absolute atomic E-state index is 0.0391. The van der Waals surface area contributed by atoms with E-state index < -0.39 is 0 Å². The lowest BCUT2D eigenvalue weighted by Crippen LogP contribution is -2.43. The number of hydrogen-bond acceptors (Lipinski definition) is 5. The molecule has 39 heavy (non-hydrogen) atoms. The van der Waals surface area contributed by atoms with Gasteiger partial charge in [-0.3, -0.25) is 9.89 Å². The van der Waals surface area contributed by atoms with Crippen molar-refractivity contribution in [2.45, 2.75) is 25.4 Å². The Morgan fingerprint density at radius 1 is 1.05 bits per heavy atom. The number of nitrogens with one attached hydrogen (secondary N) is 3. The molecule has 1 aliphatic heterocycles. The summed E-state index contributed by atoms with van der Waals surface area (Å²) >= 11 is 0. The van der Waals surface area contributed by atoms with E-state index in [1.807, 2.05) is 59.2 Å². The van der Waals surface area contributed by atoms with Crippen LogP contribution in [0.1, 0.15) is 28.8 Å². The van der Waals surface area contributed by atoms with Crippen LogP contribution in [0.25, 0.3) is 22.3 Å². The maximum atomic E-state index is 14.2. The number of aromatic amines is 1. The molecule has 1 saturated heterocycles. The second-order valence-corrected chi connectivity index (χ2v) is 10.1. The van der Waals surface area contributed by atoms with E-state index in [4.69, 9.17) is 0 Å². The first kappa shape index (κ1) is 24.8. The highest BCUT2D eigenvalue weighted by atomic mass is 19.1. The largest absolute Gasteiger partial charge is 0.349 e. The number of anilines is 2. The summed E-state index contributed by atoms with van der Waals surface area (Å²) in [6.07, 6.45) is 3.69. The molecule has 3 N–H and O–H groups in total. The van der Waals surface area contributed by atoms with E-state index in [2.05, 4.69) is 37.8 Å². The third kappa shape index (κ3) is 5.53. The van der Waals surface area contributed by atoms with Gasteiger partial charge in [-0.1, -0.05) is 24.3 Å². The molecule has 0 bridgehead atoms. The predicted octanol–water partition coefficient (Wildman–Crippen LogP) is 5.18. The zero-order valence-corrected chi connectivity index (χ0v) is 21.7. The number of carbonyl (C=O) groups excluding carboxylic acids is 1. The van der Waals surface area contributed by atoms with Crippen molar-refractivity contribution >= 4 is 28.4 Å². The number of rotatable bonds is 7. The van der Waals surface area contributed by atoms with Gasteiger partial charge in [-0.15, -0.1) is 0 Å². The van der Waals surface area contributed by atoms with E-state index in [0.29, 0.717) is 23.5 Å². The number of amides is 1. The van der Waals surface area contributed by atoms with Crippen molar-refractivity contribution in [3.05, 3.63) is 96.1 Å². The molecule has 1 amide bonds. The quantitative estimate of drug-likeness (QED) is 0.273. The SMILES string of the molecule is CN1CCC(NC(=O)c2ccc(Nc3cc(-c4ccc5ncn(Cc6ccccc6F)c5c4)[nH]n3)cc2)CC1. The van der Waals surface area contributed by atoms with Gasteiger partial charge in [0, 0.05) is 34.5 Å². The molecule has 3 heterocycles. The molecule has 0 unspecified atom stereocenters. The summed E-state index contributed by atoms with van der Waals surface area (Å²) in [7, 11) is 2.11. The molecule has 1 fully saturated rings. The van der Waals surface area contributed by atoms with Crippen molar-refractivity contribution in [2.24, 2.45) is 0 Å². The van der Waals surface area contributed by atoms with Crippen LogP contribution in [0.15, 0.2) is 79.1 Å². The van der Waals surface area contributed by atoms with Gasteiger partial charge in [0.1, 0.15) is 5.82 Å². The minimum Gasteiger partial charge on any atom is -0.349 e. The summed E-state index contributed by atoms with van der Waals surface area (Å²) in [5.41, 5.74) is 5.62. The van der Waals surface area contributed by atoms with E-state index in [-0.39, 0.29) is 17.8 Å². The summed E-state index contributed by atoms with van der Waals surface area (Å²) in [6.45, 7) is 2.41. The van der Waals surface area contributed by atoms with Crippen LogP contribution in [-0.2, 0) is 6.54 Å². The first-order valence-corrected chi connectivity index (χ1v) is 13.1. The molecular formula is C30H30FN7O. The fraction of sp³-hybridized carbons (Fsp3) is 0.233. The number of hydrogen-bond donors (Lipinski definition) is 3. The molecule has 3 aromatic carbocycles. The lowest BCUT2D eigenvalue weighted by atomic mass is 10.0. The van der Waals surface area contributed by atoms with E-state index in [1.165, 1.54) is 6.07 Å². The maximum absolute atomic E-state index is 14.2. The summed E-state index contributed by atoms with van der Waals surface area (Å²) in [5.74, 6) is 0.391. The fourth-order valence-corrected chi connectivity index (χ4v) is 4.97. The Kier molecular flexibility index (Phi) is 6.81. The number of carbonyl (C=O) groups is 1. The molecule has 0 atom stereocenters. The summed E-state index contributed by atoms with van der Waals surface area (Å²) in [4.78, 5) is 19.4. The smallest absolute Gasteiger partial charge is 0.251 e. The topological polar surface area (TPSA) is 90.9 Å². The highest BCUT2D eigenvalue weighted by Crippen LogP contribution is 2.26. The molecule has 0 aliphatic carbocycles. The molecule has 5 aromatic rings. The van der Waals surface area contributed by atoms with Crippen molar-refractivity contribution in [3.63, 3.8) is 0 Å². The van der Waals surface area contributed by atoms with Crippen molar-refractivity contribution in [1.29, 1.82) is 0 Å². The van der Waals surface area contributed by atoms with E-state index in [0.717, 1.165) is 53.9 Å². The lowest BCUT2D eigenvalue weighted by molar-refractivity contribution is 0.0917. The Bertz CT molecular complexity index is 1600. The zero-order chi connectivity index (χ0) is 26.8. The Morgan fingerprint density at radius 3 is 2.64 bits per heavy atom. The van der Waals surface area contributed by atoms with Crippen LogP contribution < -0.4 is 10.6 Å². The molecule has 2 aromatic heterocycles. The highest BCUT2D eigenvalue weighted by molar-refractivity contribution is 5.94. The molecule has 0 spiro atoms. The van der Waals surface area contributed by atoms with E-state index >= 15 is 0 Å². The molecule has 6 rings (SSSR count). The van der Waals surface area contributed by atoms with Crippen LogP contribution in [0.3, 0.4) is 0 Å². The van der Waals surface area contributed by atoms with Gasteiger partial charge in [0.25, 0.3) is 5.91 Å². The average Bonchev–Trinajstić information content (AvgIpc) is 3.58. The van der Waals surface area contributed by atoms with Crippen molar-refractivity contribution < 1.29 is 9.18 Å². The number of nitrogens with zero attached hydrogens (tertiary/aromatic N) is 4. The van der Waals surface area contributed by atoms with Gasteiger partial charge >= 0.3 is 0 Å². The Morgan fingerprint density at radius 2 is 1.85 bits per heavy atom. The number of piperidine rings is 1. The molecule has 1 aliphatic rings. The molecule has 0 saturated carbocycles. The second-order valence-electron chi connectivity index (χ2n) is 10.1. The Labute approximate surface area is 225 Å². The number of fused-ring (bicyclic) bond motifs is 1. The van der Waals surface area contributed by atoms with Crippen molar-refractivity contribution in [2.75, 3.05) is 25.5 Å². The number of benzene rings is 3. The van der Waals surface area contributed by atoms with Crippen LogP contribution in [0.4, 0.5) is 15.9 Å². The third-order valence-electron chi connectivity index (χ3n) is 7.28. The summed E-state index contributed by atoms with van der Waals surface area (Å²) in [6, 6.07) is 22.3. The lowest BCUT2D eigenvalue weighted by Gasteiger charge is -2.29. The maximum Gasteiger partial charge on any atom is 0.251 e. The average molecular weight is 524 g/mol.